The smallest absolute Gasteiger partial charge is 0.153 e. The Bertz CT molecular complexity index is 3160. The molecule has 2 aliphatic rings. The monoisotopic (exact) mass is 1100 g/mol. The van der Waals surface area contributed by atoms with E-state index in [-0.39, 0.29) is 27.3 Å². The predicted octanol–water partition coefficient (Wildman–Crippen LogP) is 24.1. The van der Waals surface area contributed by atoms with Crippen LogP contribution in [-0.2, 0) is 16.2 Å². The van der Waals surface area contributed by atoms with Crippen LogP contribution in [-0.4, -0.2) is 11.1 Å². The van der Waals surface area contributed by atoms with E-state index in [0.717, 1.165) is 97.7 Å². The highest BCUT2D eigenvalue weighted by molar-refractivity contribution is 5.90. The van der Waals surface area contributed by atoms with Crippen LogP contribution in [0.2, 0.25) is 0 Å². The number of rotatable bonds is 29. The first-order valence-corrected chi connectivity index (χ1v) is 32.6. The average molecular weight is 1100 g/mol. The predicted molar refractivity (Wildman–Crippen MR) is 356 cm³/mol. The molecule has 9 rings (SSSR count). The Morgan fingerprint density at radius 3 is 1.37 bits per heavy atom. The summed E-state index contributed by atoms with van der Waals surface area (Å²) in [6.45, 7) is 29.0. The van der Waals surface area contributed by atoms with Crippen molar-refractivity contribution in [2.24, 2.45) is 0 Å². The van der Waals surface area contributed by atoms with Gasteiger partial charge in [-0.1, -0.05) is 238 Å². The van der Waals surface area contributed by atoms with Crippen LogP contribution in [0.5, 0.6) is 11.5 Å². The van der Waals surface area contributed by atoms with Crippen molar-refractivity contribution in [1.82, 2.24) is 0 Å². The molecule has 0 fully saturated rings. The van der Waals surface area contributed by atoms with E-state index in [2.05, 4.69) is 262 Å². The minimum absolute atomic E-state index is 0.0339. The summed E-state index contributed by atoms with van der Waals surface area (Å²) in [5, 5.41) is 0. The standard InChI is InChI=1S/C78H101N3O/c1-13-21-23-34-53-77(54-35-24-22-14-2)68-55-59(74(9,10)18-6)42-46-66(68)67-47-43-60(56-69(67)77)76(12,20-8)78(51-16-4,52-17-5)81(63-40-32-27-33-41-63)65-45-49-71-73(58-65)82-72-57-64(44-48-70(72)79(71)61-36-28-25-29-37-61)80(62-38-30-26-31-39-62)75(11,19-7)50-15-3/h25-33,36-49,55-58H,13-24,34-35,50-54H2,1-12H3. The fraction of sp³-hybridized carbons (Fsp3) is 0.462. The topological polar surface area (TPSA) is 19.0 Å². The maximum absolute atomic E-state index is 7.46. The van der Waals surface area contributed by atoms with E-state index in [1.807, 2.05) is 0 Å². The van der Waals surface area contributed by atoms with Crippen molar-refractivity contribution in [2.45, 2.75) is 232 Å². The Hall–Kier alpha value is -6.26. The summed E-state index contributed by atoms with van der Waals surface area (Å²) < 4.78 is 7.46. The maximum atomic E-state index is 7.46. The lowest BCUT2D eigenvalue weighted by Gasteiger charge is -2.57. The van der Waals surface area contributed by atoms with Gasteiger partial charge in [-0.05, 0) is 158 Å². The number of nitrogens with zero attached hydrogens (tertiary/aromatic N) is 3. The molecule has 2 atom stereocenters. The van der Waals surface area contributed by atoms with Crippen molar-refractivity contribution in [1.29, 1.82) is 0 Å². The van der Waals surface area contributed by atoms with Gasteiger partial charge in [0.2, 0.25) is 0 Å². The third-order valence-corrected chi connectivity index (χ3v) is 20.3. The number of fused-ring (bicyclic) bond motifs is 5. The molecule has 0 N–H and O–H groups in total. The van der Waals surface area contributed by atoms with E-state index in [1.54, 1.807) is 11.1 Å². The van der Waals surface area contributed by atoms with Crippen molar-refractivity contribution in [3.05, 3.63) is 186 Å². The van der Waals surface area contributed by atoms with Crippen LogP contribution in [0.4, 0.5) is 39.8 Å². The van der Waals surface area contributed by atoms with E-state index < -0.39 is 0 Å². The molecule has 1 aliphatic heterocycles. The molecule has 1 aliphatic carbocycles. The molecule has 0 aromatic heterocycles. The molecule has 0 bridgehead atoms. The first-order chi connectivity index (χ1) is 39.8. The Morgan fingerprint density at radius 1 is 0.415 bits per heavy atom. The van der Waals surface area contributed by atoms with Crippen molar-refractivity contribution in [3.8, 4) is 22.6 Å². The van der Waals surface area contributed by atoms with Crippen molar-refractivity contribution in [2.75, 3.05) is 14.7 Å². The molecule has 82 heavy (non-hydrogen) atoms. The summed E-state index contributed by atoms with van der Waals surface area (Å²) in [5.41, 5.74) is 16.4. The molecular weight excluding hydrogens is 995 g/mol. The van der Waals surface area contributed by atoms with Crippen LogP contribution < -0.4 is 19.4 Å². The third kappa shape index (κ3) is 11.3. The highest BCUT2D eigenvalue weighted by Gasteiger charge is 2.53. The second-order valence-electron chi connectivity index (χ2n) is 25.7. The number of ether oxygens (including phenoxy) is 1. The Labute approximate surface area is 497 Å². The number of hydrogen-bond acceptors (Lipinski definition) is 4. The van der Waals surface area contributed by atoms with Crippen LogP contribution in [0.25, 0.3) is 11.1 Å². The van der Waals surface area contributed by atoms with Crippen LogP contribution in [0.3, 0.4) is 0 Å². The summed E-state index contributed by atoms with van der Waals surface area (Å²) in [6.07, 6.45) is 22.0. The average Bonchev–Trinajstić information content (AvgIpc) is 1.97. The Kier molecular flexibility index (Phi) is 19.2. The molecule has 7 aromatic carbocycles. The highest BCUT2D eigenvalue weighted by Crippen LogP contribution is 2.60. The molecule has 0 saturated carbocycles. The van der Waals surface area contributed by atoms with Crippen LogP contribution in [0.15, 0.2) is 164 Å². The highest BCUT2D eigenvalue weighted by atomic mass is 16.5. The molecular formula is C78H101N3O. The van der Waals surface area contributed by atoms with Crippen LogP contribution >= 0.6 is 0 Å². The van der Waals surface area contributed by atoms with Gasteiger partial charge in [0, 0.05) is 56.9 Å². The molecule has 4 heteroatoms. The molecule has 0 amide bonds. The summed E-state index contributed by atoms with van der Waals surface area (Å²) in [5.74, 6) is 1.72. The second kappa shape index (κ2) is 26.1. The van der Waals surface area contributed by atoms with Gasteiger partial charge in [0.15, 0.2) is 11.5 Å². The van der Waals surface area contributed by atoms with Gasteiger partial charge in [-0.25, -0.2) is 0 Å². The van der Waals surface area contributed by atoms with Crippen molar-refractivity contribution < 1.29 is 4.74 Å². The molecule has 7 aromatic rings. The van der Waals surface area contributed by atoms with Gasteiger partial charge in [-0.2, -0.15) is 0 Å². The van der Waals surface area contributed by atoms with Gasteiger partial charge < -0.3 is 19.4 Å². The van der Waals surface area contributed by atoms with E-state index >= 15 is 0 Å². The van der Waals surface area contributed by atoms with E-state index in [0.29, 0.717) is 0 Å². The summed E-state index contributed by atoms with van der Waals surface area (Å²) in [7, 11) is 0. The van der Waals surface area contributed by atoms with E-state index in [9.17, 15) is 0 Å². The van der Waals surface area contributed by atoms with Gasteiger partial charge >= 0.3 is 0 Å². The fourth-order valence-corrected chi connectivity index (χ4v) is 15.1. The molecule has 1 heterocycles. The Balaban J connectivity index is 1.24. The number of para-hydroxylation sites is 3. The van der Waals surface area contributed by atoms with E-state index in [4.69, 9.17) is 4.74 Å². The van der Waals surface area contributed by atoms with Crippen LogP contribution in [0, 0.1) is 0 Å². The van der Waals surface area contributed by atoms with Gasteiger partial charge in [0.25, 0.3) is 0 Å². The van der Waals surface area contributed by atoms with Gasteiger partial charge in [0.1, 0.15) is 0 Å². The number of benzene rings is 7. The van der Waals surface area contributed by atoms with E-state index in [1.165, 1.54) is 97.8 Å². The lowest BCUT2D eigenvalue weighted by Crippen LogP contribution is -2.60. The molecule has 0 saturated heterocycles. The number of unbranched alkanes of at least 4 members (excludes halogenated alkanes) is 6. The third-order valence-electron chi connectivity index (χ3n) is 20.3. The zero-order chi connectivity index (χ0) is 58.1. The minimum atomic E-state index is -0.331. The number of hydrogen-bond donors (Lipinski definition) is 0. The van der Waals surface area contributed by atoms with Gasteiger partial charge in [0.05, 0.1) is 16.9 Å². The largest absolute Gasteiger partial charge is 0.453 e. The van der Waals surface area contributed by atoms with Gasteiger partial charge in [-0.3, -0.25) is 0 Å². The zero-order valence-corrected chi connectivity index (χ0v) is 52.8. The lowest BCUT2D eigenvalue weighted by atomic mass is 9.59. The molecule has 0 radical (unpaired) electrons. The summed E-state index contributed by atoms with van der Waals surface area (Å²) >= 11 is 0. The van der Waals surface area contributed by atoms with Gasteiger partial charge in [-0.15, -0.1) is 0 Å². The molecule has 4 nitrogen and oxygen atoms in total. The first-order valence-electron chi connectivity index (χ1n) is 32.6. The van der Waals surface area contributed by atoms with Crippen LogP contribution in [0.1, 0.15) is 227 Å². The maximum Gasteiger partial charge on any atom is 0.153 e. The molecule has 0 spiro atoms. The minimum Gasteiger partial charge on any atom is -0.453 e. The lowest BCUT2D eigenvalue weighted by molar-refractivity contribution is 0.190. The molecule has 2 unspecified atom stereocenters. The fourth-order valence-electron chi connectivity index (χ4n) is 15.1. The second-order valence-corrected chi connectivity index (χ2v) is 25.7. The first kappa shape index (κ1) is 60.3. The Morgan fingerprint density at radius 2 is 0.890 bits per heavy atom. The quantitative estimate of drug-likeness (QED) is 0.0435. The summed E-state index contributed by atoms with van der Waals surface area (Å²) in [6, 6.07) is 62.9. The number of anilines is 7. The summed E-state index contributed by atoms with van der Waals surface area (Å²) in [4.78, 5) is 7.78. The van der Waals surface area contributed by atoms with Crippen molar-refractivity contribution >= 4 is 39.8 Å². The zero-order valence-electron chi connectivity index (χ0n) is 52.8. The normalized spacial score (nSPS) is 14.9. The van der Waals surface area contributed by atoms with Crippen molar-refractivity contribution in [3.63, 3.8) is 0 Å². The SMILES string of the molecule is CCCCCCC1(CCCCCC)c2cc(C(C)(C)CC)ccc2-c2ccc(C(C)(CC)C(CCC)(CCC)N(c3ccccc3)c3ccc4c(c3)Oc3cc(N(c5ccccc5)C(C)(CC)CCC)ccc3N4c3ccccc3)cc21. The molecule has 434 valence electrons.